The van der Waals surface area contributed by atoms with E-state index >= 15 is 0 Å². The molecule has 2 fully saturated rings. The maximum atomic E-state index is 13.8. The molecular weight excluding hydrogens is 482 g/mol. The molecule has 0 bridgehead atoms. The van der Waals surface area contributed by atoms with Gasteiger partial charge in [-0.1, -0.05) is 26.0 Å². The molecule has 0 spiro atoms. The van der Waals surface area contributed by atoms with Crippen LogP contribution in [0.3, 0.4) is 0 Å². The summed E-state index contributed by atoms with van der Waals surface area (Å²) < 4.78 is 3.64. The molecular formula is C24H31N7O4S. The first kappa shape index (κ1) is 24.6. The van der Waals surface area contributed by atoms with Crippen molar-refractivity contribution in [3.05, 3.63) is 40.0 Å². The molecule has 3 atom stereocenters. The van der Waals surface area contributed by atoms with E-state index in [1.54, 1.807) is 10.7 Å². The van der Waals surface area contributed by atoms with Crippen LogP contribution in [0.25, 0.3) is 10.2 Å². The van der Waals surface area contributed by atoms with Crippen molar-refractivity contribution < 1.29 is 14.7 Å². The van der Waals surface area contributed by atoms with Crippen molar-refractivity contribution >= 4 is 33.4 Å². The highest BCUT2D eigenvalue weighted by Gasteiger charge is 2.45. The van der Waals surface area contributed by atoms with Crippen molar-refractivity contribution in [1.82, 2.24) is 34.8 Å². The Morgan fingerprint density at radius 3 is 2.81 bits per heavy atom. The highest BCUT2D eigenvalue weighted by atomic mass is 32.1. The fourth-order valence-corrected chi connectivity index (χ4v) is 5.57. The lowest BCUT2D eigenvalue weighted by Crippen LogP contribution is -2.50. The van der Waals surface area contributed by atoms with Crippen molar-refractivity contribution in [3.63, 3.8) is 0 Å². The van der Waals surface area contributed by atoms with Crippen molar-refractivity contribution in [2.45, 2.75) is 70.7 Å². The normalized spacial score (nSPS) is 21.2. The van der Waals surface area contributed by atoms with Crippen LogP contribution in [0.1, 0.15) is 57.7 Å². The number of aromatic nitrogens is 5. The molecule has 2 amide bonds. The van der Waals surface area contributed by atoms with E-state index in [4.69, 9.17) is 0 Å². The van der Waals surface area contributed by atoms with Gasteiger partial charge in [-0.2, -0.15) is 0 Å². The molecule has 1 aliphatic heterocycles. The van der Waals surface area contributed by atoms with Gasteiger partial charge < -0.3 is 15.3 Å². The minimum Gasteiger partial charge on any atom is -0.391 e. The van der Waals surface area contributed by atoms with Gasteiger partial charge in [0.05, 0.1) is 23.6 Å². The van der Waals surface area contributed by atoms with Crippen LogP contribution in [0.4, 0.5) is 0 Å². The van der Waals surface area contributed by atoms with Crippen LogP contribution >= 0.6 is 11.3 Å². The smallest absolute Gasteiger partial charge is 0.271 e. The van der Waals surface area contributed by atoms with Gasteiger partial charge in [-0.15, -0.1) is 16.4 Å². The van der Waals surface area contributed by atoms with Crippen LogP contribution in [0, 0.1) is 5.41 Å². The first-order valence-electron chi connectivity index (χ1n) is 12.2. The van der Waals surface area contributed by atoms with Gasteiger partial charge in [0.2, 0.25) is 11.8 Å². The van der Waals surface area contributed by atoms with Crippen molar-refractivity contribution in [1.29, 1.82) is 0 Å². The number of thiophene rings is 1. The average molecular weight is 514 g/mol. The lowest BCUT2D eigenvalue weighted by atomic mass is 9.85. The predicted molar refractivity (Wildman–Crippen MR) is 134 cm³/mol. The molecule has 11 nitrogen and oxygen atoms in total. The van der Waals surface area contributed by atoms with Crippen LogP contribution in [-0.2, 0) is 16.1 Å². The summed E-state index contributed by atoms with van der Waals surface area (Å²) >= 11 is 1.33. The first-order valence-corrected chi connectivity index (χ1v) is 13.1. The van der Waals surface area contributed by atoms with Crippen molar-refractivity contribution in [2.75, 3.05) is 13.1 Å². The minimum absolute atomic E-state index is 0.0755. The third-order valence-corrected chi connectivity index (χ3v) is 7.69. The summed E-state index contributed by atoms with van der Waals surface area (Å²) in [6.45, 7) is 6.38. The van der Waals surface area contributed by atoms with E-state index in [9.17, 15) is 19.5 Å². The summed E-state index contributed by atoms with van der Waals surface area (Å²) in [7, 11) is 0. The Balaban J connectivity index is 1.28. The number of carbonyl (C=O) groups is 2. The van der Waals surface area contributed by atoms with E-state index in [-0.39, 0.29) is 43.4 Å². The van der Waals surface area contributed by atoms with E-state index in [1.165, 1.54) is 27.1 Å². The van der Waals surface area contributed by atoms with E-state index in [0.29, 0.717) is 16.1 Å². The zero-order valence-corrected chi connectivity index (χ0v) is 21.4. The highest BCUT2D eigenvalue weighted by Crippen LogP contribution is 2.40. The third-order valence-electron chi connectivity index (χ3n) is 6.79. The van der Waals surface area contributed by atoms with Crippen LogP contribution < -0.4 is 10.9 Å². The number of rotatable bonds is 7. The zero-order valence-electron chi connectivity index (χ0n) is 20.6. The molecule has 3 aromatic rings. The van der Waals surface area contributed by atoms with Gasteiger partial charge in [0.1, 0.15) is 16.8 Å². The summed E-state index contributed by atoms with van der Waals surface area (Å²) in [5.74, 6) is -0.220. The second-order valence-corrected chi connectivity index (χ2v) is 11.6. The van der Waals surface area contributed by atoms with Crippen LogP contribution in [-0.4, -0.2) is 71.6 Å². The molecule has 1 saturated carbocycles. The maximum Gasteiger partial charge on any atom is 0.271 e. The van der Waals surface area contributed by atoms with Gasteiger partial charge in [0.25, 0.3) is 5.56 Å². The van der Waals surface area contributed by atoms with Gasteiger partial charge in [-0.25, -0.2) is 9.67 Å². The number of likely N-dealkylation sites (tertiary alicyclic amines) is 1. The Labute approximate surface area is 212 Å². The lowest BCUT2D eigenvalue weighted by Gasteiger charge is -2.34. The van der Waals surface area contributed by atoms with E-state index in [1.807, 2.05) is 32.3 Å². The molecule has 192 valence electrons. The summed E-state index contributed by atoms with van der Waals surface area (Å²) in [6, 6.07) is 0.320. The Morgan fingerprint density at radius 1 is 1.31 bits per heavy atom. The summed E-state index contributed by atoms with van der Waals surface area (Å²) in [5.41, 5.74) is 0.904. The van der Waals surface area contributed by atoms with Crippen LogP contribution in [0.2, 0.25) is 0 Å². The molecule has 5 rings (SSSR count). The molecule has 12 heteroatoms. The van der Waals surface area contributed by atoms with Gasteiger partial charge in [0, 0.05) is 38.2 Å². The number of aliphatic hydroxyl groups is 1. The number of carbonyl (C=O) groups excluding carboxylic acids is 2. The number of amides is 2. The van der Waals surface area contributed by atoms with E-state index in [2.05, 4.69) is 20.6 Å². The largest absolute Gasteiger partial charge is 0.391 e. The molecule has 1 saturated heterocycles. The Morgan fingerprint density at radius 2 is 2.08 bits per heavy atom. The number of β-amino-alcohol motifs (C(OH)–C–C–N with tert-alkyl or cyclic N) is 1. The minimum atomic E-state index is -0.807. The molecule has 1 aliphatic carbocycles. The van der Waals surface area contributed by atoms with Crippen LogP contribution in [0.5, 0.6) is 0 Å². The first-order chi connectivity index (χ1) is 17.1. The van der Waals surface area contributed by atoms with E-state index in [0.717, 1.165) is 18.5 Å². The predicted octanol–water partition coefficient (Wildman–Crippen LogP) is 1.29. The topological polar surface area (TPSA) is 135 Å². The number of aliphatic hydroxyl groups excluding tert-OH is 1. The van der Waals surface area contributed by atoms with Gasteiger partial charge in [0.15, 0.2) is 0 Å². The lowest BCUT2D eigenvalue weighted by molar-refractivity contribution is -0.144. The number of hydrogen-bond donors (Lipinski definition) is 2. The summed E-state index contributed by atoms with van der Waals surface area (Å²) in [6.07, 6.45) is 4.83. The fraction of sp³-hybridized carbons (Fsp3) is 0.583. The molecule has 4 heterocycles. The number of nitrogens with one attached hydrogen (secondary N) is 1. The molecule has 2 N–H and O–H groups in total. The Hall–Kier alpha value is -3.12. The van der Waals surface area contributed by atoms with E-state index < -0.39 is 23.6 Å². The third kappa shape index (κ3) is 4.79. The molecule has 2 aliphatic rings. The molecule has 3 aromatic heterocycles. The molecule has 0 radical (unpaired) electrons. The summed E-state index contributed by atoms with van der Waals surface area (Å²) in [4.78, 5) is 45.2. The zero-order chi connectivity index (χ0) is 25.6. The quantitative estimate of drug-likeness (QED) is 0.486. The monoisotopic (exact) mass is 513 g/mol. The number of hydrogen-bond acceptors (Lipinski definition) is 8. The standard InChI is InChI=1S/C24H31N7O4S/c1-24(2,3)20(31-12-17(27-28-31)14-4-5-14)23(35)30-11-15(32)10-18(30)21(33)25-7-8-29-13-26-16-6-9-36-19(16)22(29)34/h6,9,12-15,18,20,32H,4-5,7-8,10-11H2,1-3H3,(H,25,33)/t15?,18?,20-/m1/s1. The Bertz CT molecular complexity index is 1340. The van der Waals surface area contributed by atoms with Gasteiger partial charge in [-0.3, -0.25) is 19.0 Å². The van der Waals surface area contributed by atoms with Gasteiger partial charge >= 0.3 is 0 Å². The van der Waals surface area contributed by atoms with Gasteiger partial charge in [-0.05, 0) is 29.7 Å². The fourth-order valence-electron chi connectivity index (χ4n) is 4.78. The Kier molecular flexibility index (Phi) is 6.41. The SMILES string of the molecule is CC(C)(C)[C@@H](C(=O)N1CC(O)CC1C(=O)NCCn1cnc2ccsc2c1=O)n1cc(C2CC2)nn1. The van der Waals surface area contributed by atoms with Crippen LogP contribution in [0.15, 0.2) is 28.8 Å². The molecule has 36 heavy (non-hydrogen) atoms. The second kappa shape index (κ2) is 9.40. The number of nitrogens with zero attached hydrogens (tertiary/aromatic N) is 6. The maximum absolute atomic E-state index is 13.8. The second-order valence-electron chi connectivity index (χ2n) is 10.7. The average Bonchev–Trinajstić information content (AvgIpc) is 3.19. The molecule has 2 unspecified atom stereocenters. The molecule has 0 aromatic carbocycles. The van der Waals surface area contributed by atoms with Crippen molar-refractivity contribution in [3.8, 4) is 0 Å². The summed E-state index contributed by atoms with van der Waals surface area (Å²) in [5, 5.41) is 23.5. The van der Waals surface area contributed by atoms with Crippen molar-refractivity contribution in [2.24, 2.45) is 5.41 Å². The number of fused-ring (bicyclic) bond motifs is 1. The highest BCUT2D eigenvalue weighted by molar-refractivity contribution is 7.17.